The number of carbonyl (C=O) groups is 1. The van der Waals surface area contributed by atoms with Crippen molar-refractivity contribution in [3.63, 3.8) is 0 Å². The SMILES string of the molecule is Cc1nnc(C2CC(C)CC2C(=O)O)n1-c1ccccc1. The third-order valence-electron chi connectivity index (χ3n) is 4.31. The second-order valence-corrected chi connectivity index (χ2v) is 5.90. The van der Waals surface area contributed by atoms with Crippen LogP contribution in [-0.2, 0) is 4.79 Å². The van der Waals surface area contributed by atoms with Crippen molar-refractivity contribution in [1.29, 1.82) is 0 Å². The van der Waals surface area contributed by atoms with Gasteiger partial charge in [-0.2, -0.15) is 0 Å². The molecule has 3 unspecified atom stereocenters. The van der Waals surface area contributed by atoms with Crippen molar-refractivity contribution < 1.29 is 9.90 Å². The summed E-state index contributed by atoms with van der Waals surface area (Å²) in [7, 11) is 0. The zero-order valence-corrected chi connectivity index (χ0v) is 12.2. The van der Waals surface area contributed by atoms with Crippen LogP contribution >= 0.6 is 0 Å². The molecule has 5 nitrogen and oxygen atoms in total. The molecule has 3 atom stereocenters. The number of aliphatic carboxylic acids is 1. The molecule has 0 saturated heterocycles. The summed E-state index contributed by atoms with van der Waals surface area (Å²) in [5.41, 5.74) is 0.985. The Morgan fingerprint density at radius 1 is 1.24 bits per heavy atom. The Labute approximate surface area is 123 Å². The summed E-state index contributed by atoms with van der Waals surface area (Å²) in [6.07, 6.45) is 1.56. The molecule has 1 saturated carbocycles. The van der Waals surface area contributed by atoms with Gasteiger partial charge in [0.15, 0.2) is 0 Å². The number of carboxylic acid groups (broad SMARTS) is 1. The van der Waals surface area contributed by atoms with Gasteiger partial charge in [-0.1, -0.05) is 25.1 Å². The second kappa shape index (κ2) is 5.31. The zero-order valence-electron chi connectivity index (χ0n) is 12.2. The fourth-order valence-electron chi connectivity index (χ4n) is 3.36. The van der Waals surface area contributed by atoms with E-state index in [1.165, 1.54) is 0 Å². The molecule has 1 aliphatic rings. The van der Waals surface area contributed by atoms with E-state index in [2.05, 4.69) is 17.1 Å². The minimum absolute atomic E-state index is 0.0705. The van der Waals surface area contributed by atoms with Gasteiger partial charge in [0.05, 0.1) is 5.92 Å². The zero-order chi connectivity index (χ0) is 15.0. The Morgan fingerprint density at radius 2 is 1.95 bits per heavy atom. The second-order valence-electron chi connectivity index (χ2n) is 5.90. The maximum absolute atomic E-state index is 11.5. The van der Waals surface area contributed by atoms with Crippen LogP contribution in [0.2, 0.25) is 0 Å². The molecule has 0 bridgehead atoms. The van der Waals surface area contributed by atoms with Gasteiger partial charge in [0.2, 0.25) is 0 Å². The Bertz CT molecular complexity index is 651. The molecule has 110 valence electrons. The third kappa shape index (κ3) is 2.44. The van der Waals surface area contributed by atoms with Crippen LogP contribution in [0.15, 0.2) is 30.3 Å². The van der Waals surface area contributed by atoms with E-state index in [1.807, 2.05) is 41.8 Å². The molecule has 0 amide bonds. The maximum atomic E-state index is 11.5. The van der Waals surface area contributed by atoms with Crippen molar-refractivity contribution in [3.8, 4) is 5.69 Å². The summed E-state index contributed by atoms with van der Waals surface area (Å²) in [5, 5.41) is 17.9. The Balaban J connectivity index is 2.06. The van der Waals surface area contributed by atoms with Crippen LogP contribution in [0.25, 0.3) is 5.69 Å². The largest absolute Gasteiger partial charge is 0.481 e. The highest BCUT2D eigenvalue weighted by atomic mass is 16.4. The molecule has 2 aromatic rings. The molecule has 5 heteroatoms. The van der Waals surface area contributed by atoms with E-state index in [4.69, 9.17) is 0 Å². The molecule has 0 spiro atoms. The quantitative estimate of drug-likeness (QED) is 0.941. The lowest BCUT2D eigenvalue weighted by atomic mass is 9.95. The summed E-state index contributed by atoms with van der Waals surface area (Å²) in [6.45, 7) is 4.00. The molecule has 0 radical (unpaired) electrons. The van der Waals surface area contributed by atoms with Gasteiger partial charge in [-0.05, 0) is 37.8 Å². The van der Waals surface area contributed by atoms with E-state index in [1.54, 1.807) is 0 Å². The van der Waals surface area contributed by atoms with Gasteiger partial charge in [-0.25, -0.2) is 0 Å². The topological polar surface area (TPSA) is 68.0 Å². The number of hydrogen-bond donors (Lipinski definition) is 1. The standard InChI is InChI=1S/C16H19N3O2/c1-10-8-13(14(9-10)16(20)21)15-18-17-11(2)19(15)12-6-4-3-5-7-12/h3-7,10,13-14H,8-9H2,1-2H3,(H,20,21). The molecule has 0 aliphatic heterocycles. The maximum Gasteiger partial charge on any atom is 0.307 e. The summed E-state index contributed by atoms with van der Waals surface area (Å²) < 4.78 is 1.98. The number of carboxylic acids is 1. The molecule has 1 aromatic heterocycles. The number of nitrogens with zero attached hydrogens (tertiary/aromatic N) is 3. The van der Waals surface area contributed by atoms with Gasteiger partial charge in [0.25, 0.3) is 0 Å². The van der Waals surface area contributed by atoms with Crippen molar-refractivity contribution in [2.75, 3.05) is 0 Å². The van der Waals surface area contributed by atoms with Gasteiger partial charge in [-0.15, -0.1) is 10.2 Å². The van der Waals surface area contributed by atoms with Gasteiger partial charge >= 0.3 is 5.97 Å². The van der Waals surface area contributed by atoms with E-state index < -0.39 is 5.97 Å². The average Bonchev–Trinajstić information content (AvgIpc) is 3.03. The molecular formula is C16H19N3O2. The minimum atomic E-state index is -0.732. The highest BCUT2D eigenvalue weighted by Gasteiger charge is 2.40. The third-order valence-corrected chi connectivity index (χ3v) is 4.31. The first-order valence-corrected chi connectivity index (χ1v) is 7.28. The van der Waals surface area contributed by atoms with Crippen LogP contribution in [0.5, 0.6) is 0 Å². The lowest BCUT2D eigenvalue weighted by molar-refractivity contribution is -0.142. The number of benzene rings is 1. The molecule has 21 heavy (non-hydrogen) atoms. The van der Waals surface area contributed by atoms with E-state index >= 15 is 0 Å². The van der Waals surface area contributed by atoms with Crippen molar-refractivity contribution in [2.45, 2.75) is 32.6 Å². The van der Waals surface area contributed by atoms with Crippen LogP contribution in [0.3, 0.4) is 0 Å². The Kier molecular flexibility index (Phi) is 3.49. The van der Waals surface area contributed by atoms with E-state index in [-0.39, 0.29) is 11.8 Å². The van der Waals surface area contributed by atoms with Crippen LogP contribution in [-0.4, -0.2) is 25.8 Å². The van der Waals surface area contributed by atoms with Crippen LogP contribution in [0.4, 0.5) is 0 Å². The first kappa shape index (κ1) is 13.8. The summed E-state index contributed by atoms with van der Waals surface area (Å²) in [6, 6.07) is 9.87. The molecular weight excluding hydrogens is 266 g/mol. The van der Waals surface area contributed by atoms with Gasteiger partial charge in [-0.3, -0.25) is 9.36 Å². The van der Waals surface area contributed by atoms with E-state index in [9.17, 15) is 9.90 Å². The fourth-order valence-corrected chi connectivity index (χ4v) is 3.36. The van der Waals surface area contributed by atoms with Gasteiger partial charge in [0, 0.05) is 11.6 Å². The predicted molar refractivity (Wildman–Crippen MR) is 78.4 cm³/mol. The summed E-state index contributed by atoms with van der Waals surface area (Å²) >= 11 is 0. The van der Waals surface area contributed by atoms with Crippen molar-refractivity contribution in [1.82, 2.24) is 14.8 Å². The van der Waals surface area contributed by atoms with Crippen LogP contribution in [0, 0.1) is 18.8 Å². The molecule has 1 fully saturated rings. The van der Waals surface area contributed by atoms with Gasteiger partial charge < -0.3 is 5.11 Å². The minimum Gasteiger partial charge on any atom is -0.481 e. The molecule has 1 heterocycles. The number of rotatable bonds is 3. The molecule has 3 rings (SSSR count). The van der Waals surface area contributed by atoms with Gasteiger partial charge in [0.1, 0.15) is 11.6 Å². The average molecular weight is 285 g/mol. The van der Waals surface area contributed by atoms with Crippen LogP contribution < -0.4 is 0 Å². The van der Waals surface area contributed by atoms with E-state index in [0.29, 0.717) is 12.3 Å². The number of para-hydroxylation sites is 1. The monoisotopic (exact) mass is 285 g/mol. The Hall–Kier alpha value is -2.17. The highest BCUT2D eigenvalue weighted by molar-refractivity contribution is 5.71. The predicted octanol–water partition coefficient (Wildman–Crippen LogP) is 2.79. The van der Waals surface area contributed by atoms with Crippen molar-refractivity contribution in [2.24, 2.45) is 11.8 Å². The summed E-state index contributed by atoms with van der Waals surface area (Å²) in [4.78, 5) is 11.5. The first-order chi connectivity index (χ1) is 10.1. The normalized spacial score (nSPS) is 25.1. The highest BCUT2D eigenvalue weighted by Crippen LogP contribution is 2.43. The molecule has 1 N–H and O–H groups in total. The Morgan fingerprint density at radius 3 is 2.62 bits per heavy atom. The first-order valence-electron chi connectivity index (χ1n) is 7.28. The smallest absolute Gasteiger partial charge is 0.307 e. The molecule has 1 aliphatic carbocycles. The van der Waals surface area contributed by atoms with Crippen molar-refractivity contribution >= 4 is 5.97 Å². The number of hydrogen-bond acceptors (Lipinski definition) is 3. The van der Waals surface area contributed by atoms with E-state index in [0.717, 1.165) is 23.8 Å². The fraction of sp³-hybridized carbons (Fsp3) is 0.438. The van der Waals surface area contributed by atoms with Crippen LogP contribution in [0.1, 0.15) is 37.3 Å². The number of aromatic nitrogens is 3. The number of aryl methyl sites for hydroxylation is 1. The lowest BCUT2D eigenvalue weighted by Gasteiger charge is -2.17. The van der Waals surface area contributed by atoms with Crippen molar-refractivity contribution in [3.05, 3.63) is 42.0 Å². The molecule has 1 aromatic carbocycles. The lowest BCUT2D eigenvalue weighted by Crippen LogP contribution is -2.20. The summed E-state index contributed by atoms with van der Waals surface area (Å²) in [5.74, 6) is 0.794.